The predicted octanol–water partition coefficient (Wildman–Crippen LogP) is 5.14. The van der Waals surface area contributed by atoms with Crippen LogP contribution in [0.1, 0.15) is 44.1 Å². The van der Waals surface area contributed by atoms with Crippen molar-refractivity contribution in [3.63, 3.8) is 0 Å². The zero-order chi connectivity index (χ0) is 16.2. The van der Waals surface area contributed by atoms with E-state index in [9.17, 15) is 4.79 Å². The SMILES string of the molecule is CN(Cc1ccc(Br)cc1)C(=O)C12CC3CC(CC(Br)(C3)C1)C2. The molecule has 23 heavy (non-hydrogen) atoms. The largest absolute Gasteiger partial charge is 0.341 e. The van der Waals surface area contributed by atoms with Gasteiger partial charge in [-0.15, -0.1) is 0 Å². The zero-order valence-electron chi connectivity index (χ0n) is 13.5. The molecule has 1 aromatic carbocycles. The molecule has 4 aliphatic rings. The minimum Gasteiger partial charge on any atom is -0.341 e. The lowest BCUT2D eigenvalue weighted by Crippen LogP contribution is -2.58. The van der Waals surface area contributed by atoms with Crippen LogP contribution in [0.2, 0.25) is 0 Å². The molecule has 1 aromatic rings. The predicted molar refractivity (Wildman–Crippen MR) is 99.4 cm³/mol. The average molecular weight is 441 g/mol. The fourth-order valence-electron chi connectivity index (χ4n) is 5.74. The number of carbonyl (C=O) groups excluding carboxylic acids is 1. The molecule has 2 unspecified atom stereocenters. The first kappa shape index (κ1) is 16.1. The molecule has 0 radical (unpaired) electrons. The molecule has 4 aliphatic carbocycles. The van der Waals surface area contributed by atoms with E-state index < -0.39 is 0 Å². The summed E-state index contributed by atoms with van der Waals surface area (Å²) in [4.78, 5) is 15.3. The Bertz CT molecular complexity index is 613. The first-order chi connectivity index (χ1) is 10.9. The van der Waals surface area contributed by atoms with Gasteiger partial charge in [-0.1, -0.05) is 44.0 Å². The van der Waals surface area contributed by atoms with E-state index in [0.717, 1.165) is 35.6 Å². The lowest BCUT2D eigenvalue weighted by molar-refractivity contribution is -0.154. The lowest BCUT2D eigenvalue weighted by Gasteiger charge is -2.60. The summed E-state index contributed by atoms with van der Waals surface area (Å²) in [6.45, 7) is 0.707. The van der Waals surface area contributed by atoms with E-state index in [4.69, 9.17) is 0 Å². The summed E-state index contributed by atoms with van der Waals surface area (Å²) in [5.41, 5.74) is 1.10. The van der Waals surface area contributed by atoms with Crippen molar-refractivity contribution in [1.82, 2.24) is 4.90 Å². The van der Waals surface area contributed by atoms with Crippen LogP contribution in [0, 0.1) is 17.3 Å². The van der Waals surface area contributed by atoms with Gasteiger partial charge in [0, 0.05) is 22.4 Å². The Labute approximate surface area is 155 Å². The Morgan fingerprint density at radius 1 is 1.17 bits per heavy atom. The summed E-state index contributed by atoms with van der Waals surface area (Å²) in [6, 6.07) is 8.29. The van der Waals surface area contributed by atoms with Crippen molar-refractivity contribution >= 4 is 37.8 Å². The third-order valence-electron chi connectivity index (χ3n) is 6.12. The minimum absolute atomic E-state index is 0.0995. The summed E-state index contributed by atoms with van der Waals surface area (Å²) >= 11 is 7.48. The third-order valence-corrected chi connectivity index (χ3v) is 7.58. The summed E-state index contributed by atoms with van der Waals surface area (Å²) in [6.07, 6.45) is 7.15. The second-order valence-corrected chi connectivity index (χ2v) is 10.8. The van der Waals surface area contributed by atoms with Gasteiger partial charge in [0.15, 0.2) is 0 Å². The number of halogens is 2. The molecule has 124 valence electrons. The Balaban J connectivity index is 1.53. The summed E-state index contributed by atoms with van der Waals surface area (Å²) in [7, 11) is 1.98. The Morgan fingerprint density at radius 3 is 2.35 bits per heavy atom. The highest BCUT2D eigenvalue weighted by Gasteiger charge is 2.60. The molecule has 4 bridgehead atoms. The van der Waals surface area contributed by atoms with Crippen molar-refractivity contribution in [3.05, 3.63) is 34.3 Å². The van der Waals surface area contributed by atoms with Gasteiger partial charge < -0.3 is 4.90 Å². The van der Waals surface area contributed by atoms with Crippen LogP contribution in [0.25, 0.3) is 0 Å². The summed E-state index contributed by atoms with van der Waals surface area (Å²) in [5, 5.41) is 0. The zero-order valence-corrected chi connectivity index (χ0v) is 16.7. The van der Waals surface area contributed by atoms with Gasteiger partial charge in [0.2, 0.25) is 5.91 Å². The fourth-order valence-corrected chi connectivity index (χ4v) is 7.46. The molecule has 0 N–H and O–H groups in total. The molecule has 0 saturated heterocycles. The number of hydrogen-bond acceptors (Lipinski definition) is 1. The molecule has 0 aromatic heterocycles. The standard InChI is InChI=1S/C19H23Br2NO/c1-22(11-13-2-4-16(20)5-3-13)17(23)18-7-14-6-15(8-18)10-19(21,9-14)12-18/h2-5,14-15H,6-12H2,1H3. The molecule has 5 rings (SSSR count). The molecule has 2 atom stereocenters. The van der Waals surface area contributed by atoms with Crippen molar-refractivity contribution in [2.45, 2.75) is 49.4 Å². The van der Waals surface area contributed by atoms with E-state index in [-0.39, 0.29) is 9.74 Å². The van der Waals surface area contributed by atoms with E-state index in [1.807, 2.05) is 24.1 Å². The number of hydrogen-bond donors (Lipinski definition) is 0. The van der Waals surface area contributed by atoms with Crippen molar-refractivity contribution in [3.8, 4) is 0 Å². The van der Waals surface area contributed by atoms with Gasteiger partial charge in [-0.25, -0.2) is 0 Å². The molecule has 4 saturated carbocycles. The summed E-state index contributed by atoms with van der Waals surface area (Å²) in [5.74, 6) is 1.87. The molecule has 0 aliphatic heterocycles. The first-order valence-corrected chi connectivity index (χ1v) is 10.2. The second-order valence-electron chi connectivity index (χ2n) is 8.18. The smallest absolute Gasteiger partial charge is 0.228 e. The van der Waals surface area contributed by atoms with Gasteiger partial charge in [-0.05, 0) is 68.1 Å². The lowest BCUT2D eigenvalue weighted by atomic mass is 9.49. The first-order valence-electron chi connectivity index (χ1n) is 8.56. The van der Waals surface area contributed by atoms with Gasteiger partial charge in [0.1, 0.15) is 0 Å². The van der Waals surface area contributed by atoms with Gasteiger partial charge in [0.25, 0.3) is 0 Å². The normalized spacial score (nSPS) is 37.9. The van der Waals surface area contributed by atoms with E-state index in [1.165, 1.54) is 24.8 Å². The molecule has 1 amide bonds. The molecular weight excluding hydrogens is 418 g/mol. The maximum Gasteiger partial charge on any atom is 0.228 e. The monoisotopic (exact) mass is 439 g/mol. The van der Waals surface area contributed by atoms with Crippen LogP contribution in [-0.4, -0.2) is 22.2 Å². The van der Waals surface area contributed by atoms with E-state index in [1.54, 1.807) is 0 Å². The topological polar surface area (TPSA) is 20.3 Å². The van der Waals surface area contributed by atoms with Gasteiger partial charge in [0.05, 0.1) is 5.41 Å². The van der Waals surface area contributed by atoms with Crippen LogP contribution in [0.4, 0.5) is 0 Å². The number of benzene rings is 1. The van der Waals surface area contributed by atoms with Crippen LogP contribution in [0.3, 0.4) is 0 Å². The van der Waals surface area contributed by atoms with E-state index >= 15 is 0 Å². The number of amides is 1. The van der Waals surface area contributed by atoms with Gasteiger partial charge >= 0.3 is 0 Å². The van der Waals surface area contributed by atoms with E-state index in [0.29, 0.717) is 12.5 Å². The van der Waals surface area contributed by atoms with Crippen molar-refractivity contribution < 1.29 is 4.79 Å². The Hall–Kier alpha value is -0.350. The van der Waals surface area contributed by atoms with Crippen LogP contribution < -0.4 is 0 Å². The quantitative estimate of drug-likeness (QED) is 0.595. The maximum absolute atomic E-state index is 13.3. The third kappa shape index (κ3) is 2.90. The Morgan fingerprint density at radius 2 is 1.78 bits per heavy atom. The van der Waals surface area contributed by atoms with Gasteiger partial charge in [-0.2, -0.15) is 0 Å². The second kappa shape index (κ2) is 5.59. The molecule has 4 heteroatoms. The highest BCUT2D eigenvalue weighted by Crippen LogP contribution is 2.64. The van der Waals surface area contributed by atoms with Gasteiger partial charge in [-0.3, -0.25) is 4.79 Å². The fraction of sp³-hybridized carbons (Fsp3) is 0.632. The number of nitrogens with zero attached hydrogens (tertiary/aromatic N) is 1. The minimum atomic E-state index is -0.0995. The molecular formula is C19H23Br2NO. The molecule has 2 nitrogen and oxygen atoms in total. The highest BCUT2D eigenvalue weighted by atomic mass is 79.9. The number of carbonyl (C=O) groups is 1. The maximum atomic E-state index is 13.3. The van der Waals surface area contributed by atoms with Crippen molar-refractivity contribution in [2.24, 2.45) is 17.3 Å². The molecule has 0 heterocycles. The average Bonchev–Trinajstić information content (AvgIpc) is 2.46. The van der Waals surface area contributed by atoms with Crippen molar-refractivity contribution in [2.75, 3.05) is 7.05 Å². The number of rotatable bonds is 3. The van der Waals surface area contributed by atoms with Crippen LogP contribution in [0.5, 0.6) is 0 Å². The summed E-state index contributed by atoms with van der Waals surface area (Å²) < 4.78 is 1.32. The number of alkyl halides is 1. The molecule has 0 spiro atoms. The molecule has 4 fully saturated rings. The van der Waals surface area contributed by atoms with Crippen LogP contribution in [-0.2, 0) is 11.3 Å². The van der Waals surface area contributed by atoms with Crippen LogP contribution in [0.15, 0.2) is 28.7 Å². The highest BCUT2D eigenvalue weighted by molar-refractivity contribution is 9.10. The van der Waals surface area contributed by atoms with Crippen molar-refractivity contribution in [1.29, 1.82) is 0 Å². The van der Waals surface area contributed by atoms with E-state index in [2.05, 4.69) is 44.0 Å². The van der Waals surface area contributed by atoms with Crippen LogP contribution >= 0.6 is 31.9 Å². The Kier molecular flexibility index (Phi) is 3.92.